The second-order valence-electron chi connectivity index (χ2n) is 7.38. The van der Waals surface area contributed by atoms with Gasteiger partial charge in [-0.2, -0.15) is 0 Å². The fourth-order valence-electron chi connectivity index (χ4n) is 3.86. The molecule has 3 heterocycles. The van der Waals surface area contributed by atoms with Crippen molar-refractivity contribution in [1.82, 2.24) is 30.6 Å². The second-order valence-corrected chi connectivity index (χ2v) is 7.38. The van der Waals surface area contributed by atoms with E-state index in [1.807, 2.05) is 24.3 Å². The van der Waals surface area contributed by atoms with Crippen molar-refractivity contribution in [2.24, 2.45) is 5.92 Å². The Morgan fingerprint density at radius 2 is 1.86 bits per heavy atom. The minimum absolute atomic E-state index is 0.0310. The van der Waals surface area contributed by atoms with Gasteiger partial charge in [0.25, 0.3) is 0 Å². The molecule has 2 aromatic carbocycles. The Labute approximate surface area is 167 Å². The number of benzene rings is 2. The van der Waals surface area contributed by atoms with Crippen LogP contribution in [0.3, 0.4) is 0 Å². The van der Waals surface area contributed by atoms with Crippen molar-refractivity contribution in [3.05, 3.63) is 60.2 Å². The van der Waals surface area contributed by atoms with Crippen LogP contribution >= 0.6 is 0 Å². The third-order valence-corrected chi connectivity index (χ3v) is 5.53. The Morgan fingerprint density at radius 1 is 1.03 bits per heavy atom. The first-order chi connectivity index (χ1) is 14.3. The molecule has 4 aromatic rings. The first-order valence-corrected chi connectivity index (χ1v) is 9.82. The van der Waals surface area contributed by atoms with Crippen molar-refractivity contribution in [2.45, 2.75) is 19.4 Å². The summed E-state index contributed by atoms with van der Waals surface area (Å²) in [5, 5.41) is 21.3. The first kappa shape index (κ1) is 17.5. The van der Waals surface area contributed by atoms with Gasteiger partial charge >= 0.3 is 0 Å². The molecule has 2 aromatic heterocycles. The molecule has 0 unspecified atom stereocenters. The highest BCUT2D eigenvalue weighted by Crippen LogP contribution is 2.22. The summed E-state index contributed by atoms with van der Waals surface area (Å²) >= 11 is 0. The molecule has 0 bridgehead atoms. The number of hydrogen-bond donors (Lipinski definition) is 1. The highest BCUT2D eigenvalue weighted by atomic mass is 16.1. The molecule has 0 radical (unpaired) electrons. The van der Waals surface area contributed by atoms with Crippen molar-refractivity contribution < 1.29 is 4.79 Å². The van der Waals surface area contributed by atoms with Gasteiger partial charge in [0.2, 0.25) is 5.91 Å². The summed E-state index contributed by atoms with van der Waals surface area (Å²) < 4.78 is 1.43. The zero-order chi connectivity index (χ0) is 19.6. The van der Waals surface area contributed by atoms with E-state index < -0.39 is 0 Å². The number of fused-ring (bicyclic) bond motifs is 2. The van der Waals surface area contributed by atoms with E-state index in [-0.39, 0.29) is 11.8 Å². The molecule has 1 fully saturated rings. The lowest BCUT2D eigenvalue weighted by Crippen LogP contribution is -2.40. The minimum Gasteiger partial charge on any atom is -0.355 e. The maximum absolute atomic E-state index is 12.6. The van der Waals surface area contributed by atoms with Crippen molar-refractivity contribution in [3.63, 3.8) is 0 Å². The summed E-state index contributed by atoms with van der Waals surface area (Å²) in [5.41, 5.74) is 1.74. The summed E-state index contributed by atoms with van der Waals surface area (Å²) in [7, 11) is 0. The summed E-state index contributed by atoms with van der Waals surface area (Å²) in [6.45, 7) is 2.13. The second kappa shape index (κ2) is 7.46. The van der Waals surface area contributed by atoms with E-state index in [9.17, 15) is 4.79 Å². The van der Waals surface area contributed by atoms with Gasteiger partial charge in [-0.1, -0.05) is 36.4 Å². The van der Waals surface area contributed by atoms with Crippen molar-refractivity contribution in [2.75, 3.05) is 18.0 Å². The van der Waals surface area contributed by atoms with Gasteiger partial charge in [0.05, 0.1) is 0 Å². The van der Waals surface area contributed by atoms with Crippen LogP contribution in [0.4, 0.5) is 5.82 Å². The lowest BCUT2D eigenvalue weighted by atomic mass is 9.95. The number of piperidine rings is 1. The molecule has 0 spiro atoms. The molecule has 146 valence electrons. The van der Waals surface area contributed by atoms with Crippen LogP contribution in [0.2, 0.25) is 0 Å². The van der Waals surface area contributed by atoms with Crippen LogP contribution < -0.4 is 10.2 Å². The fourth-order valence-corrected chi connectivity index (χ4v) is 3.86. The lowest BCUT2D eigenvalue weighted by molar-refractivity contribution is -0.125. The Balaban J connectivity index is 1.17. The molecular weight excluding hydrogens is 366 g/mol. The van der Waals surface area contributed by atoms with Gasteiger partial charge in [0.1, 0.15) is 0 Å². The summed E-state index contributed by atoms with van der Waals surface area (Å²) in [6, 6.07) is 18.3. The number of nitrogens with zero attached hydrogens (tertiary/aromatic N) is 6. The van der Waals surface area contributed by atoms with E-state index in [1.54, 1.807) is 0 Å². The van der Waals surface area contributed by atoms with E-state index >= 15 is 0 Å². The van der Waals surface area contributed by atoms with Crippen LogP contribution in [0.5, 0.6) is 0 Å². The van der Waals surface area contributed by atoms with Gasteiger partial charge in [0.15, 0.2) is 11.5 Å². The minimum atomic E-state index is 0.0310. The molecule has 1 N–H and O–H groups in total. The SMILES string of the molecule is O=C(NCc1ccc2ccccc2c1)C1CCN(c2ccc3nnnn3n2)CC1. The van der Waals surface area contributed by atoms with Crippen molar-refractivity contribution >= 4 is 28.1 Å². The number of anilines is 1. The highest BCUT2D eigenvalue weighted by Gasteiger charge is 2.25. The Morgan fingerprint density at radius 3 is 2.72 bits per heavy atom. The molecule has 29 heavy (non-hydrogen) atoms. The highest BCUT2D eigenvalue weighted by molar-refractivity contribution is 5.83. The number of tetrazole rings is 1. The van der Waals surface area contributed by atoms with Crippen LogP contribution in [-0.2, 0) is 11.3 Å². The molecule has 0 atom stereocenters. The van der Waals surface area contributed by atoms with Gasteiger partial charge in [-0.15, -0.1) is 14.8 Å². The summed E-state index contributed by atoms with van der Waals surface area (Å²) in [6.07, 6.45) is 1.61. The van der Waals surface area contributed by atoms with E-state index in [2.05, 4.69) is 61.2 Å². The van der Waals surface area contributed by atoms with Crippen LogP contribution in [0.25, 0.3) is 16.4 Å². The monoisotopic (exact) mass is 387 g/mol. The maximum atomic E-state index is 12.6. The molecule has 5 rings (SSSR count). The molecule has 1 amide bonds. The average Bonchev–Trinajstić information content (AvgIpc) is 3.25. The average molecular weight is 387 g/mol. The van der Waals surface area contributed by atoms with Gasteiger partial charge in [-0.25, -0.2) is 0 Å². The molecule has 8 nitrogen and oxygen atoms in total. The summed E-state index contributed by atoms with van der Waals surface area (Å²) in [5.74, 6) is 0.991. The Kier molecular flexibility index (Phi) is 4.51. The number of amides is 1. The smallest absolute Gasteiger partial charge is 0.223 e. The number of nitrogens with one attached hydrogen (secondary N) is 1. The topological polar surface area (TPSA) is 88.3 Å². The van der Waals surface area contributed by atoms with Crippen LogP contribution in [0.15, 0.2) is 54.6 Å². The first-order valence-electron chi connectivity index (χ1n) is 9.82. The number of hydrogen-bond acceptors (Lipinski definition) is 6. The molecule has 1 saturated heterocycles. The largest absolute Gasteiger partial charge is 0.355 e. The van der Waals surface area contributed by atoms with Crippen molar-refractivity contribution in [1.29, 1.82) is 0 Å². The van der Waals surface area contributed by atoms with Gasteiger partial charge in [-0.05, 0) is 57.8 Å². The normalized spacial score (nSPS) is 15.1. The third-order valence-electron chi connectivity index (χ3n) is 5.53. The molecule has 0 saturated carbocycles. The quantitative estimate of drug-likeness (QED) is 0.578. The zero-order valence-electron chi connectivity index (χ0n) is 15.9. The standard InChI is InChI=1S/C21H21N7O/c29-21(22-14-15-5-6-16-3-1-2-4-18(16)13-15)17-9-11-27(12-10-17)20-8-7-19-23-25-26-28(19)24-20/h1-8,13,17H,9-12,14H2,(H,22,29). The number of rotatable bonds is 4. The predicted octanol–water partition coefficient (Wildman–Crippen LogP) is 2.21. The van der Waals surface area contributed by atoms with E-state index in [0.29, 0.717) is 12.2 Å². The molecule has 1 aliphatic heterocycles. The molecular formula is C21H21N7O. The Hall–Kier alpha value is -3.55. The zero-order valence-corrected chi connectivity index (χ0v) is 15.9. The molecule has 1 aliphatic rings. The molecule has 8 heteroatoms. The van der Waals surface area contributed by atoms with Gasteiger partial charge < -0.3 is 10.2 Å². The van der Waals surface area contributed by atoms with Crippen LogP contribution in [0, 0.1) is 5.92 Å². The maximum Gasteiger partial charge on any atom is 0.223 e. The number of aromatic nitrogens is 5. The van der Waals surface area contributed by atoms with Crippen LogP contribution in [-0.4, -0.2) is 44.3 Å². The van der Waals surface area contributed by atoms with E-state index in [0.717, 1.165) is 37.3 Å². The van der Waals surface area contributed by atoms with Gasteiger partial charge in [0, 0.05) is 25.6 Å². The lowest BCUT2D eigenvalue weighted by Gasteiger charge is -2.31. The van der Waals surface area contributed by atoms with Crippen LogP contribution in [0.1, 0.15) is 18.4 Å². The van der Waals surface area contributed by atoms with E-state index in [1.165, 1.54) is 15.4 Å². The number of carbonyl (C=O) groups is 1. The molecule has 0 aliphatic carbocycles. The number of carbonyl (C=O) groups excluding carboxylic acids is 1. The third kappa shape index (κ3) is 3.61. The summed E-state index contributed by atoms with van der Waals surface area (Å²) in [4.78, 5) is 14.8. The predicted molar refractivity (Wildman–Crippen MR) is 109 cm³/mol. The Bertz CT molecular complexity index is 1160. The van der Waals surface area contributed by atoms with Crippen molar-refractivity contribution in [3.8, 4) is 0 Å². The van der Waals surface area contributed by atoms with Gasteiger partial charge in [-0.3, -0.25) is 4.79 Å². The fraction of sp³-hybridized carbons (Fsp3) is 0.286. The van der Waals surface area contributed by atoms with E-state index in [4.69, 9.17) is 0 Å².